The maximum atomic E-state index is 12.8. The van der Waals surface area contributed by atoms with Gasteiger partial charge in [-0.3, -0.25) is 4.79 Å². The monoisotopic (exact) mass is 345 g/mol. The van der Waals surface area contributed by atoms with E-state index in [9.17, 15) is 13.2 Å². The van der Waals surface area contributed by atoms with E-state index in [4.69, 9.17) is 0 Å². The molecule has 5 heteroatoms. The Kier molecular flexibility index (Phi) is 5.44. The van der Waals surface area contributed by atoms with Gasteiger partial charge in [0.1, 0.15) is 0 Å². The molecule has 2 aromatic carbocycles. The number of carbonyl (C=O) groups excluding carboxylic acids is 1. The van der Waals surface area contributed by atoms with Gasteiger partial charge < -0.3 is 4.90 Å². The third-order valence-electron chi connectivity index (χ3n) is 3.85. The summed E-state index contributed by atoms with van der Waals surface area (Å²) in [7, 11) is -3.26. The van der Waals surface area contributed by atoms with Crippen molar-refractivity contribution >= 4 is 15.7 Å². The highest BCUT2D eigenvalue weighted by Gasteiger charge is 2.19. The molecule has 2 rings (SSSR count). The summed E-state index contributed by atoms with van der Waals surface area (Å²) in [5.41, 5.74) is 2.72. The topological polar surface area (TPSA) is 54.5 Å². The second-order valence-electron chi connectivity index (χ2n) is 6.31. The first kappa shape index (κ1) is 18.2. The zero-order valence-electron chi connectivity index (χ0n) is 14.5. The lowest BCUT2D eigenvalue weighted by atomic mass is 10.1. The van der Waals surface area contributed by atoms with Gasteiger partial charge in [-0.15, -0.1) is 0 Å². The highest BCUT2D eigenvalue weighted by Crippen LogP contribution is 2.16. The summed E-state index contributed by atoms with van der Waals surface area (Å²) in [6, 6.07) is 14.2. The number of hydrogen-bond donors (Lipinski definition) is 0. The molecule has 0 saturated heterocycles. The molecular weight excluding hydrogens is 322 g/mol. The summed E-state index contributed by atoms with van der Waals surface area (Å²) in [6.45, 7) is 6.48. The predicted molar refractivity (Wildman–Crippen MR) is 95.7 cm³/mol. The van der Waals surface area contributed by atoms with Crippen LogP contribution in [-0.4, -0.2) is 31.5 Å². The molecular formula is C19H23NO3S. The van der Waals surface area contributed by atoms with Gasteiger partial charge in [0.15, 0.2) is 9.84 Å². The molecule has 0 aliphatic heterocycles. The van der Waals surface area contributed by atoms with E-state index in [1.807, 2.05) is 39.0 Å². The summed E-state index contributed by atoms with van der Waals surface area (Å²) >= 11 is 0. The Bertz CT molecular complexity index is 824. The van der Waals surface area contributed by atoms with Gasteiger partial charge in [0, 0.05) is 24.4 Å². The predicted octanol–water partition coefficient (Wildman–Crippen LogP) is 3.45. The Balaban J connectivity index is 2.26. The molecule has 128 valence electrons. The molecule has 0 aromatic heterocycles. The molecule has 0 aliphatic carbocycles. The summed E-state index contributed by atoms with van der Waals surface area (Å²) in [6.07, 6.45) is 1.15. The van der Waals surface area contributed by atoms with Crippen molar-refractivity contribution in [2.75, 3.05) is 6.26 Å². The number of carbonyl (C=O) groups is 1. The molecule has 24 heavy (non-hydrogen) atoms. The number of benzene rings is 2. The van der Waals surface area contributed by atoms with Crippen LogP contribution in [0.15, 0.2) is 53.4 Å². The molecule has 2 aromatic rings. The third-order valence-corrected chi connectivity index (χ3v) is 4.98. The first-order valence-corrected chi connectivity index (χ1v) is 9.74. The van der Waals surface area contributed by atoms with E-state index in [1.54, 1.807) is 17.0 Å². The van der Waals surface area contributed by atoms with Crippen LogP contribution in [0.25, 0.3) is 0 Å². The maximum absolute atomic E-state index is 12.8. The number of hydrogen-bond acceptors (Lipinski definition) is 3. The largest absolute Gasteiger partial charge is 0.332 e. The van der Waals surface area contributed by atoms with Gasteiger partial charge in [-0.2, -0.15) is 0 Å². The summed E-state index contributed by atoms with van der Waals surface area (Å²) in [5.74, 6) is -0.105. The fraction of sp³-hybridized carbons (Fsp3) is 0.316. The average Bonchev–Trinajstić information content (AvgIpc) is 2.51. The average molecular weight is 345 g/mol. The summed E-state index contributed by atoms with van der Waals surface area (Å²) in [5, 5.41) is 0. The minimum atomic E-state index is -3.26. The van der Waals surface area contributed by atoms with Gasteiger partial charge in [0.05, 0.1) is 4.90 Å². The van der Waals surface area contributed by atoms with Gasteiger partial charge in [0.2, 0.25) is 0 Å². The molecule has 0 atom stereocenters. The Morgan fingerprint density at radius 2 is 1.71 bits per heavy atom. The lowest BCUT2D eigenvalue weighted by Crippen LogP contribution is -2.36. The van der Waals surface area contributed by atoms with Crippen molar-refractivity contribution in [3.05, 3.63) is 65.2 Å². The van der Waals surface area contributed by atoms with Crippen molar-refractivity contribution in [1.82, 2.24) is 4.90 Å². The maximum Gasteiger partial charge on any atom is 0.254 e. The van der Waals surface area contributed by atoms with Crippen LogP contribution in [0.3, 0.4) is 0 Å². The van der Waals surface area contributed by atoms with E-state index < -0.39 is 9.84 Å². The zero-order valence-corrected chi connectivity index (χ0v) is 15.3. The smallest absolute Gasteiger partial charge is 0.254 e. The second-order valence-corrected chi connectivity index (χ2v) is 8.33. The van der Waals surface area contributed by atoms with E-state index in [2.05, 4.69) is 6.07 Å². The summed E-state index contributed by atoms with van der Waals surface area (Å²) < 4.78 is 23.1. The second kappa shape index (κ2) is 7.18. The van der Waals surface area contributed by atoms with Crippen molar-refractivity contribution in [2.45, 2.75) is 38.3 Å². The molecule has 0 fully saturated rings. The van der Waals surface area contributed by atoms with Gasteiger partial charge in [0.25, 0.3) is 5.91 Å². The molecule has 0 aliphatic rings. The highest BCUT2D eigenvalue weighted by atomic mass is 32.2. The van der Waals surface area contributed by atoms with E-state index in [1.165, 1.54) is 12.1 Å². The highest BCUT2D eigenvalue weighted by molar-refractivity contribution is 7.90. The molecule has 0 spiro atoms. The first-order valence-electron chi connectivity index (χ1n) is 7.85. The van der Waals surface area contributed by atoms with Gasteiger partial charge in [-0.25, -0.2) is 8.42 Å². The molecule has 1 amide bonds. The Morgan fingerprint density at radius 1 is 1.08 bits per heavy atom. The Labute approximate surface area is 144 Å². The molecule has 4 nitrogen and oxygen atoms in total. The van der Waals surface area contributed by atoms with E-state index in [-0.39, 0.29) is 16.8 Å². The van der Waals surface area contributed by atoms with Crippen molar-refractivity contribution < 1.29 is 13.2 Å². The molecule has 0 unspecified atom stereocenters. The number of sulfone groups is 1. The van der Waals surface area contributed by atoms with Crippen LogP contribution in [0, 0.1) is 6.92 Å². The molecule has 0 saturated carbocycles. The van der Waals surface area contributed by atoms with Crippen LogP contribution in [0.5, 0.6) is 0 Å². The van der Waals surface area contributed by atoms with Crippen LogP contribution in [-0.2, 0) is 16.4 Å². The number of nitrogens with zero attached hydrogens (tertiary/aromatic N) is 1. The quantitative estimate of drug-likeness (QED) is 0.834. The van der Waals surface area contributed by atoms with E-state index in [0.717, 1.165) is 17.4 Å². The molecule has 0 heterocycles. The van der Waals surface area contributed by atoms with Crippen molar-refractivity contribution in [3.8, 4) is 0 Å². The Hall–Kier alpha value is -2.14. The van der Waals surface area contributed by atoms with Crippen molar-refractivity contribution in [3.63, 3.8) is 0 Å². The van der Waals surface area contributed by atoms with Gasteiger partial charge in [-0.05, 0) is 50.6 Å². The summed E-state index contributed by atoms with van der Waals surface area (Å²) in [4.78, 5) is 14.8. The SMILES string of the molecule is Cc1cccc(CN(C(=O)c2ccc(S(C)(=O)=O)cc2)C(C)C)c1. The Morgan fingerprint density at radius 3 is 2.21 bits per heavy atom. The van der Waals surface area contributed by atoms with Crippen LogP contribution in [0.2, 0.25) is 0 Å². The van der Waals surface area contributed by atoms with Crippen molar-refractivity contribution in [2.24, 2.45) is 0 Å². The standard InChI is InChI=1S/C19H23NO3S/c1-14(2)20(13-16-7-5-6-15(3)12-16)19(21)17-8-10-18(11-9-17)24(4,22)23/h5-12,14H,13H2,1-4H3. The molecule has 0 N–H and O–H groups in total. The van der Waals surface area contributed by atoms with E-state index in [0.29, 0.717) is 12.1 Å². The van der Waals surface area contributed by atoms with Crippen LogP contribution >= 0.6 is 0 Å². The minimum Gasteiger partial charge on any atom is -0.332 e. The molecule has 0 bridgehead atoms. The lowest BCUT2D eigenvalue weighted by Gasteiger charge is -2.27. The number of aryl methyl sites for hydroxylation is 1. The third kappa shape index (κ3) is 4.45. The number of amides is 1. The first-order chi connectivity index (χ1) is 11.2. The van der Waals surface area contributed by atoms with Crippen molar-refractivity contribution in [1.29, 1.82) is 0 Å². The van der Waals surface area contributed by atoms with E-state index >= 15 is 0 Å². The normalized spacial score (nSPS) is 11.5. The van der Waals surface area contributed by atoms with Gasteiger partial charge in [-0.1, -0.05) is 29.8 Å². The molecule has 0 radical (unpaired) electrons. The van der Waals surface area contributed by atoms with Crippen LogP contribution in [0.4, 0.5) is 0 Å². The van der Waals surface area contributed by atoms with Crippen LogP contribution < -0.4 is 0 Å². The zero-order chi connectivity index (χ0) is 17.9. The van der Waals surface area contributed by atoms with Crippen LogP contribution in [0.1, 0.15) is 35.3 Å². The van der Waals surface area contributed by atoms with Gasteiger partial charge >= 0.3 is 0 Å². The fourth-order valence-corrected chi connectivity index (χ4v) is 3.14. The lowest BCUT2D eigenvalue weighted by molar-refractivity contribution is 0.0690. The fourth-order valence-electron chi connectivity index (χ4n) is 2.51. The number of rotatable bonds is 5. The minimum absolute atomic E-state index is 0.0348.